The summed E-state index contributed by atoms with van der Waals surface area (Å²) < 4.78 is 1.06. The van der Waals surface area contributed by atoms with Crippen molar-refractivity contribution < 1.29 is 0 Å². The molecule has 0 aliphatic rings. The summed E-state index contributed by atoms with van der Waals surface area (Å²) in [5.74, 6) is 0. The van der Waals surface area contributed by atoms with E-state index in [0.29, 0.717) is 0 Å². The van der Waals surface area contributed by atoms with Crippen molar-refractivity contribution in [1.29, 1.82) is 0 Å². The summed E-state index contributed by atoms with van der Waals surface area (Å²) in [4.78, 5) is 3.15. The molecule has 0 amide bonds. The number of hydrogen-bond acceptors (Lipinski definition) is 0. The number of fused-ring (bicyclic) bond motifs is 1. The standard InChI is InChI=1S/C9H7BrClN/c1-5-2-9-6(3-8(5)11)7(10)4-12-9/h2-4,12H,1H3. The number of nitrogens with one attached hydrogen (secondary N) is 1. The maximum Gasteiger partial charge on any atom is 0.0469 e. The van der Waals surface area contributed by atoms with E-state index >= 15 is 0 Å². The SMILES string of the molecule is Cc1cc2[nH]cc(Br)c2cc1Cl. The molecule has 1 aromatic heterocycles. The van der Waals surface area contributed by atoms with Gasteiger partial charge in [0.1, 0.15) is 0 Å². The lowest BCUT2D eigenvalue weighted by Crippen LogP contribution is -1.75. The Bertz CT molecular complexity index is 433. The van der Waals surface area contributed by atoms with Crippen molar-refractivity contribution in [1.82, 2.24) is 4.98 Å². The lowest BCUT2D eigenvalue weighted by Gasteiger charge is -1.97. The van der Waals surface area contributed by atoms with E-state index in [0.717, 1.165) is 26.0 Å². The maximum atomic E-state index is 5.98. The molecule has 0 saturated heterocycles. The van der Waals surface area contributed by atoms with Crippen LogP contribution < -0.4 is 0 Å². The lowest BCUT2D eigenvalue weighted by molar-refractivity contribution is 1.44. The first-order chi connectivity index (χ1) is 5.68. The molecule has 1 aromatic carbocycles. The monoisotopic (exact) mass is 243 g/mol. The molecule has 0 aliphatic heterocycles. The van der Waals surface area contributed by atoms with Crippen molar-refractivity contribution in [3.05, 3.63) is 33.4 Å². The minimum Gasteiger partial charge on any atom is -0.360 e. The zero-order valence-corrected chi connectivity index (χ0v) is 8.83. The number of aromatic amines is 1. The Morgan fingerprint density at radius 3 is 2.92 bits per heavy atom. The predicted molar refractivity (Wildman–Crippen MR) is 55.7 cm³/mol. The van der Waals surface area contributed by atoms with E-state index in [2.05, 4.69) is 20.9 Å². The predicted octanol–water partition coefficient (Wildman–Crippen LogP) is 3.89. The normalized spacial score (nSPS) is 10.9. The molecule has 12 heavy (non-hydrogen) atoms. The fourth-order valence-electron chi connectivity index (χ4n) is 1.22. The van der Waals surface area contributed by atoms with Gasteiger partial charge in [-0.2, -0.15) is 0 Å². The van der Waals surface area contributed by atoms with Gasteiger partial charge in [0.15, 0.2) is 0 Å². The first kappa shape index (κ1) is 8.14. The van der Waals surface area contributed by atoms with E-state index in [9.17, 15) is 0 Å². The summed E-state index contributed by atoms with van der Waals surface area (Å²) in [6.07, 6.45) is 1.92. The Kier molecular flexibility index (Phi) is 1.89. The van der Waals surface area contributed by atoms with Gasteiger partial charge in [-0.25, -0.2) is 0 Å². The van der Waals surface area contributed by atoms with E-state index in [4.69, 9.17) is 11.6 Å². The highest BCUT2D eigenvalue weighted by Crippen LogP contribution is 2.28. The van der Waals surface area contributed by atoms with Crippen LogP contribution >= 0.6 is 27.5 Å². The average Bonchev–Trinajstić information content (AvgIpc) is 2.35. The van der Waals surface area contributed by atoms with Gasteiger partial charge in [-0.05, 0) is 40.5 Å². The molecule has 1 heterocycles. The third-order valence-electron chi connectivity index (χ3n) is 1.91. The molecule has 62 valence electrons. The van der Waals surface area contributed by atoms with E-state index in [-0.39, 0.29) is 0 Å². The molecule has 0 aliphatic carbocycles. The summed E-state index contributed by atoms with van der Waals surface area (Å²) in [5.41, 5.74) is 2.21. The number of halogens is 2. The second-order valence-electron chi connectivity index (χ2n) is 2.78. The van der Waals surface area contributed by atoms with Crippen LogP contribution in [0.4, 0.5) is 0 Å². The number of aryl methyl sites for hydroxylation is 1. The van der Waals surface area contributed by atoms with Crippen LogP contribution in [0.15, 0.2) is 22.8 Å². The average molecular weight is 245 g/mol. The van der Waals surface area contributed by atoms with Gasteiger partial charge in [-0.15, -0.1) is 0 Å². The second-order valence-corrected chi connectivity index (χ2v) is 4.05. The molecular formula is C9H7BrClN. The van der Waals surface area contributed by atoms with Gasteiger partial charge >= 0.3 is 0 Å². The largest absolute Gasteiger partial charge is 0.360 e. The van der Waals surface area contributed by atoms with Crippen LogP contribution in [0.25, 0.3) is 10.9 Å². The quantitative estimate of drug-likeness (QED) is 0.724. The number of benzene rings is 1. The van der Waals surface area contributed by atoms with E-state index in [1.54, 1.807) is 0 Å². The third-order valence-corrected chi connectivity index (χ3v) is 2.97. The van der Waals surface area contributed by atoms with E-state index < -0.39 is 0 Å². The maximum absolute atomic E-state index is 5.98. The van der Waals surface area contributed by atoms with Gasteiger partial charge in [-0.3, -0.25) is 0 Å². The zero-order valence-electron chi connectivity index (χ0n) is 6.49. The highest BCUT2D eigenvalue weighted by atomic mass is 79.9. The molecule has 3 heteroatoms. The smallest absolute Gasteiger partial charge is 0.0469 e. The number of hydrogen-bond donors (Lipinski definition) is 1. The number of rotatable bonds is 0. The van der Waals surface area contributed by atoms with Gasteiger partial charge in [0, 0.05) is 26.6 Å². The Morgan fingerprint density at radius 1 is 1.42 bits per heavy atom. The van der Waals surface area contributed by atoms with Crippen LogP contribution in [0, 0.1) is 6.92 Å². The molecule has 1 nitrogen and oxygen atoms in total. The minimum atomic E-state index is 0.808. The van der Waals surface area contributed by atoms with Crippen molar-refractivity contribution in [2.24, 2.45) is 0 Å². The molecule has 0 atom stereocenters. The van der Waals surface area contributed by atoms with Gasteiger partial charge in [0.25, 0.3) is 0 Å². The van der Waals surface area contributed by atoms with Crippen molar-refractivity contribution in [3.8, 4) is 0 Å². The molecule has 2 aromatic rings. The summed E-state index contributed by atoms with van der Waals surface area (Å²) in [6, 6.07) is 4.01. The van der Waals surface area contributed by atoms with Crippen LogP contribution in [0.1, 0.15) is 5.56 Å². The fraction of sp³-hybridized carbons (Fsp3) is 0.111. The Balaban J connectivity index is 2.87. The van der Waals surface area contributed by atoms with Crippen LogP contribution in [0.3, 0.4) is 0 Å². The number of aromatic nitrogens is 1. The van der Waals surface area contributed by atoms with Crippen molar-refractivity contribution in [3.63, 3.8) is 0 Å². The van der Waals surface area contributed by atoms with Crippen LogP contribution in [0.2, 0.25) is 5.02 Å². The molecule has 0 saturated carbocycles. The molecule has 0 radical (unpaired) electrons. The summed E-state index contributed by atoms with van der Waals surface area (Å²) in [7, 11) is 0. The van der Waals surface area contributed by atoms with Crippen LogP contribution in [0.5, 0.6) is 0 Å². The molecule has 1 N–H and O–H groups in total. The first-order valence-electron chi connectivity index (χ1n) is 3.61. The summed E-state index contributed by atoms with van der Waals surface area (Å²) in [6.45, 7) is 2.00. The van der Waals surface area contributed by atoms with Gasteiger partial charge in [-0.1, -0.05) is 11.6 Å². The van der Waals surface area contributed by atoms with Crippen LogP contribution in [-0.2, 0) is 0 Å². The van der Waals surface area contributed by atoms with Gasteiger partial charge in [0.05, 0.1) is 0 Å². The second kappa shape index (κ2) is 2.79. The molecule has 0 unspecified atom stereocenters. The summed E-state index contributed by atoms with van der Waals surface area (Å²) >= 11 is 9.42. The Hall–Kier alpha value is -0.470. The summed E-state index contributed by atoms with van der Waals surface area (Å²) in [5, 5.41) is 1.94. The molecule has 2 rings (SSSR count). The van der Waals surface area contributed by atoms with Gasteiger partial charge in [0.2, 0.25) is 0 Å². The van der Waals surface area contributed by atoms with Crippen LogP contribution in [-0.4, -0.2) is 4.98 Å². The zero-order chi connectivity index (χ0) is 8.72. The fourth-order valence-corrected chi connectivity index (χ4v) is 1.82. The van der Waals surface area contributed by atoms with Crippen molar-refractivity contribution >= 4 is 38.4 Å². The van der Waals surface area contributed by atoms with E-state index in [1.165, 1.54) is 0 Å². The molecule has 0 fully saturated rings. The molecular weight excluding hydrogens is 237 g/mol. The minimum absolute atomic E-state index is 0.808. The third kappa shape index (κ3) is 1.15. The van der Waals surface area contributed by atoms with Crippen molar-refractivity contribution in [2.45, 2.75) is 6.92 Å². The Labute approximate surface area is 83.9 Å². The highest BCUT2D eigenvalue weighted by Gasteiger charge is 2.03. The van der Waals surface area contributed by atoms with Crippen molar-refractivity contribution in [2.75, 3.05) is 0 Å². The first-order valence-corrected chi connectivity index (χ1v) is 4.78. The molecule has 0 bridgehead atoms. The Morgan fingerprint density at radius 2 is 2.17 bits per heavy atom. The van der Waals surface area contributed by atoms with Gasteiger partial charge < -0.3 is 4.98 Å². The lowest BCUT2D eigenvalue weighted by atomic mass is 10.2. The van der Waals surface area contributed by atoms with E-state index in [1.807, 2.05) is 25.3 Å². The highest BCUT2D eigenvalue weighted by molar-refractivity contribution is 9.10. The number of H-pyrrole nitrogens is 1. The topological polar surface area (TPSA) is 15.8 Å². The molecule has 0 spiro atoms.